The van der Waals surface area contributed by atoms with Crippen molar-refractivity contribution in [3.8, 4) is 0 Å². The summed E-state index contributed by atoms with van der Waals surface area (Å²) in [6.45, 7) is 10.6. The van der Waals surface area contributed by atoms with Gasteiger partial charge in [-0.3, -0.25) is 9.59 Å². The van der Waals surface area contributed by atoms with Gasteiger partial charge in [0.05, 0.1) is 24.4 Å². The molecule has 3 saturated heterocycles. The number of hydrogen-bond donors (Lipinski definition) is 0. The van der Waals surface area contributed by atoms with E-state index in [1.807, 2.05) is 6.92 Å². The molecule has 11 nitrogen and oxygen atoms in total. The first-order valence-corrected chi connectivity index (χ1v) is 21.5. The SMILES string of the molecule is CCC1C2C(=O)[C@H](C)[C@@H](O[C@H]3CC[C@H](N(C)C)C(C)O3)CCC[C@H](CC)OC(=O)C[C@H]2[C@@H]2CC[C@@H]3C[C@@H](O[C@@H]4OC(C)[C@H](OC)C(OC)[C@@H]4OC)C[C@H]3[C@H]12. The monoisotopic (exact) mass is 764 g/mol. The van der Waals surface area contributed by atoms with Crippen LogP contribution in [0.3, 0.4) is 0 Å². The Kier molecular flexibility index (Phi) is 14.6. The molecule has 11 heteroatoms. The van der Waals surface area contributed by atoms with Crippen molar-refractivity contribution in [2.24, 2.45) is 47.3 Å². The van der Waals surface area contributed by atoms with E-state index in [1.165, 1.54) is 0 Å². The van der Waals surface area contributed by atoms with Crippen molar-refractivity contribution in [3.05, 3.63) is 0 Å². The number of carbonyl (C=O) groups is 2. The van der Waals surface area contributed by atoms with Crippen molar-refractivity contribution >= 4 is 11.8 Å². The lowest BCUT2D eigenvalue weighted by Gasteiger charge is -2.44. The number of nitrogens with zero attached hydrogens (tertiary/aromatic N) is 1. The molecule has 3 heterocycles. The highest BCUT2D eigenvalue weighted by molar-refractivity contribution is 5.85. The second-order valence-corrected chi connectivity index (χ2v) is 17.9. The molecule has 0 radical (unpaired) electrons. The lowest BCUT2D eigenvalue weighted by Crippen LogP contribution is -2.59. The number of carbonyl (C=O) groups excluding carboxylic acids is 2. The van der Waals surface area contributed by atoms with Gasteiger partial charge in [-0.25, -0.2) is 0 Å². The lowest BCUT2D eigenvalue weighted by molar-refractivity contribution is -0.314. The average Bonchev–Trinajstić information content (AvgIpc) is 3.70. The van der Waals surface area contributed by atoms with Crippen LogP contribution < -0.4 is 0 Å². The Morgan fingerprint density at radius 1 is 0.741 bits per heavy atom. The van der Waals surface area contributed by atoms with Gasteiger partial charge in [-0.05, 0) is 128 Å². The van der Waals surface area contributed by atoms with Gasteiger partial charge in [-0.1, -0.05) is 27.2 Å². The normalized spacial score (nSPS) is 47.6. The summed E-state index contributed by atoms with van der Waals surface area (Å²) in [7, 11) is 9.24. The van der Waals surface area contributed by atoms with Gasteiger partial charge in [-0.15, -0.1) is 0 Å². The Morgan fingerprint density at radius 2 is 1.48 bits per heavy atom. The van der Waals surface area contributed by atoms with E-state index < -0.39 is 12.4 Å². The summed E-state index contributed by atoms with van der Waals surface area (Å²) in [4.78, 5) is 31.1. The van der Waals surface area contributed by atoms with Crippen LogP contribution in [0, 0.1) is 47.3 Å². The summed E-state index contributed by atoms with van der Waals surface area (Å²) in [6.07, 6.45) is 7.82. The molecule has 6 rings (SSSR count). The summed E-state index contributed by atoms with van der Waals surface area (Å²) in [5.74, 6) is 1.41. The predicted octanol–water partition coefficient (Wildman–Crippen LogP) is 6.43. The van der Waals surface area contributed by atoms with Crippen LogP contribution in [0.1, 0.15) is 112 Å². The Morgan fingerprint density at radius 3 is 2.13 bits per heavy atom. The molecule has 3 saturated carbocycles. The van der Waals surface area contributed by atoms with Crippen LogP contribution in [0.25, 0.3) is 0 Å². The molecule has 0 amide bonds. The molecule has 0 bridgehead atoms. The van der Waals surface area contributed by atoms with Crippen molar-refractivity contribution in [1.82, 2.24) is 4.90 Å². The van der Waals surface area contributed by atoms with Gasteiger partial charge in [0.1, 0.15) is 30.2 Å². The van der Waals surface area contributed by atoms with Gasteiger partial charge in [-0.2, -0.15) is 0 Å². The molecule has 0 N–H and O–H groups in total. The second-order valence-electron chi connectivity index (χ2n) is 17.9. The smallest absolute Gasteiger partial charge is 0.306 e. The van der Waals surface area contributed by atoms with Crippen LogP contribution >= 0.6 is 0 Å². The number of hydrogen-bond acceptors (Lipinski definition) is 11. The zero-order chi connectivity index (χ0) is 38.8. The van der Waals surface area contributed by atoms with E-state index in [9.17, 15) is 4.79 Å². The van der Waals surface area contributed by atoms with Crippen LogP contribution in [-0.4, -0.2) is 120 Å². The summed E-state index contributed by atoms with van der Waals surface area (Å²) >= 11 is 0. The molecule has 0 spiro atoms. The molecule has 0 aromatic carbocycles. The first kappa shape index (κ1) is 42.4. The Bertz CT molecular complexity index is 1230. The number of methoxy groups -OCH3 is 3. The maximum absolute atomic E-state index is 15.1. The van der Waals surface area contributed by atoms with E-state index in [4.69, 9.17) is 37.9 Å². The Hall–Kier alpha value is -1.18. The number of esters is 1. The quantitative estimate of drug-likeness (QED) is 0.230. The Balaban J connectivity index is 1.23. The molecule has 3 aliphatic heterocycles. The zero-order valence-corrected chi connectivity index (χ0v) is 35.0. The molecule has 0 aromatic heterocycles. The van der Waals surface area contributed by atoms with Crippen molar-refractivity contribution in [1.29, 1.82) is 0 Å². The molecule has 6 fully saturated rings. The number of ether oxygens (including phenoxy) is 8. The summed E-state index contributed by atoms with van der Waals surface area (Å²) in [6, 6.07) is 0.350. The molecule has 5 unspecified atom stereocenters. The molecule has 6 aliphatic rings. The zero-order valence-electron chi connectivity index (χ0n) is 35.0. The maximum atomic E-state index is 15.1. The van der Waals surface area contributed by atoms with Crippen molar-refractivity contribution in [2.75, 3.05) is 35.4 Å². The number of cyclic esters (lactones) is 1. The minimum absolute atomic E-state index is 0.0157. The fourth-order valence-electron chi connectivity index (χ4n) is 12.4. The van der Waals surface area contributed by atoms with E-state index >= 15 is 4.79 Å². The van der Waals surface area contributed by atoms with E-state index in [1.54, 1.807) is 21.3 Å². The highest BCUT2D eigenvalue weighted by Gasteiger charge is 2.60. The second kappa shape index (κ2) is 18.6. The third-order valence-electron chi connectivity index (χ3n) is 15.0. The predicted molar refractivity (Wildman–Crippen MR) is 204 cm³/mol. The third-order valence-corrected chi connectivity index (χ3v) is 15.0. The van der Waals surface area contributed by atoms with Crippen molar-refractivity contribution in [2.45, 2.75) is 179 Å². The van der Waals surface area contributed by atoms with Gasteiger partial charge in [0.2, 0.25) is 0 Å². The number of fused-ring (bicyclic) bond motifs is 5. The van der Waals surface area contributed by atoms with Gasteiger partial charge >= 0.3 is 5.97 Å². The maximum Gasteiger partial charge on any atom is 0.306 e. The molecule has 54 heavy (non-hydrogen) atoms. The van der Waals surface area contributed by atoms with Gasteiger partial charge in [0.25, 0.3) is 0 Å². The van der Waals surface area contributed by atoms with Crippen LogP contribution in [0.2, 0.25) is 0 Å². The largest absolute Gasteiger partial charge is 0.462 e. The first-order valence-electron chi connectivity index (χ1n) is 21.5. The van der Waals surface area contributed by atoms with E-state index in [0.717, 1.165) is 70.6 Å². The van der Waals surface area contributed by atoms with Crippen LogP contribution in [0.15, 0.2) is 0 Å². The van der Waals surface area contributed by atoms with Crippen LogP contribution in [0.4, 0.5) is 0 Å². The highest BCUT2D eigenvalue weighted by atomic mass is 16.7. The topological polar surface area (TPSA) is 111 Å². The molecule has 310 valence electrons. The summed E-state index contributed by atoms with van der Waals surface area (Å²) in [5.41, 5.74) is 0. The van der Waals surface area contributed by atoms with Crippen molar-refractivity contribution < 1.29 is 47.5 Å². The first-order chi connectivity index (χ1) is 25.9. The van der Waals surface area contributed by atoms with Gasteiger partial charge < -0.3 is 42.8 Å². The Labute approximate surface area is 325 Å². The minimum atomic E-state index is -0.562. The van der Waals surface area contributed by atoms with Gasteiger partial charge in [0, 0.05) is 45.6 Å². The number of likely N-dealkylation sites (N-methyl/N-ethyl adjacent to an activating group) is 1. The van der Waals surface area contributed by atoms with E-state index in [0.29, 0.717) is 36.1 Å². The molecule has 0 aromatic rings. The average molecular weight is 764 g/mol. The summed E-state index contributed by atoms with van der Waals surface area (Å²) in [5, 5.41) is 0. The summed E-state index contributed by atoms with van der Waals surface area (Å²) < 4.78 is 50.2. The molecule has 19 atom stereocenters. The molecule has 3 aliphatic carbocycles. The van der Waals surface area contributed by atoms with E-state index in [-0.39, 0.29) is 84.4 Å². The molecular formula is C43H73NO10. The number of Topliss-reactive ketones (excluding diaryl/α,β-unsaturated/α-hetero) is 1. The molecular weight excluding hydrogens is 690 g/mol. The number of ketones is 1. The van der Waals surface area contributed by atoms with Gasteiger partial charge in [0.15, 0.2) is 12.6 Å². The van der Waals surface area contributed by atoms with E-state index in [2.05, 4.69) is 46.7 Å². The fraction of sp³-hybridized carbons (Fsp3) is 0.953. The minimum Gasteiger partial charge on any atom is -0.462 e. The fourth-order valence-corrected chi connectivity index (χ4v) is 12.4. The van der Waals surface area contributed by atoms with Crippen LogP contribution in [0.5, 0.6) is 0 Å². The lowest BCUT2D eigenvalue weighted by atomic mass is 9.65. The van der Waals surface area contributed by atoms with Crippen molar-refractivity contribution in [3.63, 3.8) is 0 Å². The number of rotatable bonds is 10. The highest BCUT2D eigenvalue weighted by Crippen LogP contribution is 2.62. The van der Waals surface area contributed by atoms with Crippen LogP contribution in [-0.2, 0) is 47.5 Å². The standard InChI is InChI=1S/C43H73NO10/c1-11-27-14-13-15-34(54-36-19-18-33(44(6)7)24(4)50-36)23(3)39(46)38-29(12-2)37-30(32(38)22-35(45)52-27)17-16-26-20-28(21-31(26)37)53-43-42(49-10)41(48-9)40(47-8)25(5)51-43/h23-34,36-38,40-43H,11-22H2,1-10H3/t23-,24?,25?,26-,27+,28-,29?,30+,31-,32+,33+,34+,36+,37-,38?,40+,41?,42+,43+/m1/s1. The third kappa shape index (κ3) is 8.64.